The second-order valence-electron chi connectivity index (χ2n) is 9.08. The van der Waals surface area contributed by atoms with E-state index in [0.717, 1.165) is 27.2 Å². The number of rotatable bonds is 4. The number of aromatic nitrogens is 2. The molecule has 0 N–H and O–H groups in total. The third-order valence-electron chi connectivity index (χ3n) is 6.88. The topological polar surface area (TPSA) is 21.1 Å². The van der Waals surface area contributed by atoms with Crippen LogP contribution in [0.15, 0.2) is 138 Å². The number of pyridine rings is 1. The summed E-state index contributed by atoms with van der Waals surface area (Å²) in [5.74, 6) is 0. The van der Waals surface area contributed by atoms with Crippen LogP contribution >= 0.6 is 15.9 Å². The maximum atomic E-state index is 4.45. The molecule has 0 amide bonds. The zero-order valence-electron chi connectivity index (χ0n) is 19.9. The van der Waals surface area contributed by atoms with Crippen molar-refractivity contribution in [1.29, 1.82) is 0 Å². The van der Waals surface area contributed by atoms with E-state index in [0.29, 0.717) is 0 Å². The fraction of sp³-hybridized carbons (Fsp3) is 0. The Bertz CT molecular complexity index is 1850. The summed E-state index contributed by atoms with van der Waals surface area (Å²) in [5.41, 5.74) is 6.63. The number of para-hydroxylation sites is 2. The van der Waals surface area contributed by atoms with Gasteiger partial charge in [-0.3, -0.25) is 4.98 Å². The highest BCUT2D eigenvalue weighted by Crippen LogP contribution is 2.41. The summed E-state index contributed by atoms with van der Waals surface area (Å²) in [6, 6.07) is 42.9. The van der Waals surface area contributed by atoms with Crippen molar-refractivity contribution in [2.45, 2.75) is 0 Å². The van der Waals surface area contributed by atoms with Gasteiger partial charge in [-0.2, -0.15) is 0 Å². The van der Waals surface area contributed by atoms with Gasteiger partial charge < -0.3 is 9.47 Å². The molecule has 7 rings (SSSR count). The fourth-order valence-corrected chi connectivity index (χ4v) is 5.80. The van der Waals surface area contributed by atoms with Crippen molar-refractivity contribution in [3.05, 3.63) is 138 Å². The van der Waals surface area contributed by atoms with Gasteiger partial charge in [-0.25, -0.2) is 0 Å². The fourth-order valence-electron chi connectivity index (χ4n) is 5.33. The summed E-state index contributed by atoms with van der Waals surface area (Å²) in [7, 11) is 0. The smallest absolute Gasteiger partial charge is 0.0645 e. The van der Waals surface area contributed by atoms with Crippen LogP contribution in [0.2, 0.25) is 0 Å². The molecule has 0 radical (unpaired) electrons. The lowest BCUT2D eigenvalue weighted by Gasteiger charge is -2.27. The van der Waals surface area contributed by atoms with Gasteiger partial charge in [-0.05, 0) is 53.9 Å². The number of benzene rings is 5. The van der Waals surface area contributed by atoms with Gasteiger partial charge in [0.25, 0.3) is 0 Å². The Balaban J connectivity index is 1.52. The van der Waals surface area contributed by atoms with Crippen LogP contribution in [-0.4, -0.2) is 9.55 Å². The lowest BCUT2D eigenvalue weighted by atomic mass is 10.1. The summed E-state index contributed by atoms with van der Waals surface area (Å²) in [5, 5.41) is 4.88. The first-order valence-corrected chi connectivity index (χ1v) is 13.0. The summed E-state index contributed by atoms with van der Waals surface area (Å²) in [6.07, 6.45) is 3.73. The van der Waals surface area contributed by atoms with E-state index in [1.807, 2.05) is 18.5 Å². The molecule has 0 aliphatic carbocycles. The Morgan fingerprint density at radius 2 is 1.27 bits per heavy atom. The highest BCUT2D eigenvalue weighted by Gasteiger charge is 2.18. The molecular weight excluding hydrogens is 518 g/mol. The van der Waals surface area contributed by atoms with Gasteiger partial charge in [-0.1, -0.05) is 88.7 Å². The first-order valence-electron chi connectivity index (χ1n) is 12.2. The molecule has 0 aliphatic heterocycles. The minimum absolute atomic E-state index is 1.00. The van der Waals surface area contributed by atoms with Gasteiger partial charge in [0, 0.05) is 38.2 Å². The third-order valence-corrected chi connectivity index (χ3v) is 7.33. The van der Waals surface area contributed by atoms with E-state index in [4.69, 9.17) is 0 Å². The van der Waals surface area contributed by atoms with E-state index < -0.39 is 0 Å². The molecule has 0 aliphatic rings. The van der Waals surface area contributed by atoms with Crippen LogP contribution in [-0.2, 0) is 0 Å². The van der Waals surface area contributed by atoms with Crippen molar-refractivity contribution in [3.8, 4) is 5.69 Å². The van der Waals surface area contributed by atoms with Gasteiger partial charge in [-0.15, -0.1) is 0 Å². The maximum absolute atomic E-state index is 4.45. The number of halogens is 1. The zero-order chi connectivity index (χ0) is 24.8. The standard InChI is InChI=1S/C33H22BrN3/c34-24-19-26(21-27(20-24)37-32-15-5-3-13-29(32)30-14-4-6-16-33(30)37)36(25-11-8-18-35-22-25)31-17-7-10-23-9-1-2-12-28(23)31/h1-22H. The Morgan fingerprint density at radius 1 is 0.595 bits per heavy atom. The van der Waals surface area contributed by atoms with Crippen LogP contribution in [0, 0.1) is 0 Å². The van der Waals surface area contributed by atoms with Crippen molar-refractivity contribution in [1.82, 2.24) is 9.55 Å². The van der Waals surface area contributed by atoms with Crippen molar-refractivity contribution >= 4 is 65.6 Å². The average Bonchev–Trinajstić information content (AvgIpc) is 3.28. The summed E-state index contributed by atoms with van der Waals surface area (Å²) in [4.78, 5) is 6.74. The molecule has 0 atom stereocenters. The van der Waals surface area contributed by atoms with Gasteiger partial charge in [0.1, 0.15) is 0 Å². The van der Waals surface area contributed by atoms with E-state index in [1.165, 1.54) is 32.6 Å². The normalized spacial score (nSPS) is 11.4. The van der Waals surface area contributed by atoms with Crippen molar-refractivity contribution in [2.75, 3.05) is 4.90 Å². The molecule has 4 heteroatoms. The van der Waals surface area contributed by atoms with Crippen LogP contribution in [0.4, 0.5) is 17.1 Å². The lowest BCUT2D eigenvalue weighted by Crippen LogP contribution is -2.11. The molecule has 0 saturated carbocycles. The average molecular weight is 540 g/mol. The Kier molecular flexibility index (Phi) is 5.26. The Morgan fingerprint density at radius 3 is 2.00 bits per heavy atom. The number of hydrogen-bond donors (Lipinski definition) is 0. The lowest BCUT2D eigenvalue weighted by molar-refractivity contribution is 1.16. The molecule has 5 aromatic carbocycles. The molecule has 176 valence electrons. The van der Waals surface area contributed by atoms with E-state index in [-0.39, 0.29) is 0 Å². The third kappa shape index (κ3) is 3.69. The Labute approximate surface area is 223 Å². The van der Waals surface area contributed by atoms with E-state index in [2.05, 4.69) is 146 Å². The van der Waals surface area contributed by atoms with Gasteiger partial charge >= 0.3 is 0 Å². The second-order valence-corrected chi connectivity index (χ2v) is 10.00. The van der Waals surface area contributed by atoms with Crippen LogP contribution in [0.5, 0.6) is 0 Å². The van der Waals surface area contributed by atoms with Crippen molar-refractivity contribution in [2.24, 2.45) is 0 Å². The minimum atomic E-state index is 1.00. The molecule has 7 aromatic rings. The number of anilines is 3. The van der Waals surface area contributed by atoms with Gasteiger partial charge in [0.15, 0.2) is 0 Å². The first-order chi connectivity index (χ1) is 18.3. The van der Waals surface area contributed by atoms with E-state index >= 15 is 0 Å². The molecule has 2 aromatic heterocycles. The van der Waals surface area contributed by atoms with Crippen molar-refractivity contribution in [3.63, 3.8) is 0 Å². The molecule has 0 saturated heterocycles. The molecule has 3 nitrogen and oxygen atoms in total. The molecule has 0 bridgehead atoms. The monoisotopic (exact) mass is 539 g/mol. The molecule has 0 spiro atoms. The zero-order valence-corrected chi connectivity index (χ0v) is 21.5. The second kappa shape index (κ2) is 8.91. The first kappa shape index (κ1) is 21.8. The van der Waals surface area contributed by atoms with Crippen LogP contribution < -0.4 is 4.90 Å². The highest BCUT2D eigenvalue weighted by atomic mass is 79.9. The number of hydrogen-bond acceptors (Lipinski definition) is 2. The molecule has 2 heterocycles. The SMILES string of the molecule is Brc1cc(N(c2cccnc2)c2cccc3ccccc23)cc(-n2c3ccccc3c3ccccc32)c1. The molecule has 0 unspecified atom stereocenters. The molecule has 0 fully saturated rings. The van der Waals surface area contributed by atoms with E-state index in [1.54, 1.807) is 0 Å². The summed E-state index contributed by atoms with van der Waals surface area (Å²) < 4.78 is 3.36. The summed E-state index contributed by atoms with van der Waals surface area (Å²) in [6.45, 7) is 0. The number of nitrogens with zero attached hydrogens (tertiary/aromatic N) is 3. The quantitative estimate of drug-likeness (QED) is 0.222. The van der Waals surface area contributed by atoms with Gasteiger partial charge in [0.05, 0.1) is 28.6 Å². The molecular formula is C33H22BrN3. The predicted molar refractivity (Wildman–Crippen MR) is 158 cm³/mol. The molecule has 37 heavy (non-hydrogen) atoms. The van der Waals surface area contributed by atoms with Crippen LogP contribution in [0.1, 0.15) is 0 Å². The minimum Gasteiger partial charge on any atom is -0.309 e. The van der Waals surface area contributed by atoms with E-state index in [9.17, 15) is 0 Å². The predicted octanol–water partition coefficient (Wildman–Crippen LogP) is 9.56. The highest BCUT2D eigenvalue weighted by molar-refractivity contribution is 9.10. The van der Waals surface area contributed by atoms with Crippen molar-refractivity contribution < 1.29 is 0 Å². The number of fused-ring (bicyclic) bond motifs is 4. The largest absolute Gasteiger partial charge is 0.309 e. The summed E-state index contributed by atoms with van der Waals surface area (Å²) >= 11 is 3.83. The van der Waals surface area contributed by atoms with Crippen LogP contribution in [0.25, 0.3) is 38.3 Å². The Hall–Kier alpha value is -4.41. The van der Waals surface area contributed by atoms with Gasteiger partial charge in [0.2, 0.25) is 0 Å². The maximum Gasteiger partial charge on any atom is 0.0645 e. The van der Waals surface area contributed by atoms with Crippen LogP contribution in [0.3, 0.4) is 0 Å².